The molecule has 0 radical (unpaired) electrons. The van der Waals surface area contributed by atoms with Gasteiger partial charge >= 0.3 is 11.8 Å². The van der Waals surface area contributed by atoms with E-state index in [4.69, 9.17) is 37.8 Å². The topological polar surface area (TPSA) is 205 Å². The number of rotatable bonds is 5. The summed E-state index contributed by atoms with van der Waals surface area (Å²) in [5.74, 6) is -5.02. The number of ketones is 1. The summed E-state index contributed by atoms with van der Waals surface area (Å²) in [6.45, 7) is 13.7. The third-order valence-corrected chi connectivity index (χ3v) is 13.2. The molecule has 9 rings (SSSR count). The minimum Gasteiger partial charge on any atom is -0.507 e. The Morgan fingerprint density at radius 3 is 2.55 bits per heavy atom. The predicted molar refractivity (Wildman–Crippen MR) is 236 cm³/mol. The normalized spacial score (nSPS) is 31.8. The Kier molecular flexibility index (Phi) is 12.1. The van der Waals surface area contributed by atoms with Crippen molar-refractivity contribution in [3.63, 3.8) is 0 Å². The van der Waals surface area contributed by atoms with Crippen LogP contribution in [0.25, 0.3) is 33.3 Å². The average Bonchev–Trinajstić information content (AvgIpc) is 3.90. The van der Waals surface area contributed by atoms with Gasteiger partial charge in [0.1, 0.15) is 46.4 Å². The lowest BCUT2D eigenvalue weighted by Crippen LogP contribution is -2.46. The molecule has 0 aromatic heterocycles. The van der Waals surface area contributed by atoms with Crippen molar-refractivity contribution < 1.29 is 57.4 Å². The second kappa shape index (κ2) is 17.3. The van der Waals surface area contributed by atoms with Crippen LogP contribution >= 0.6 is 0 Å². The van der Waals surface area contributed by atoms with Gasteiger partial charge in [0.15, 0.2) is 11.3 Å². The van der Waals surface area contributed by atoms with Gasteiger partial charge in [-0.1, -0.05) is 39.0 Å². The summed E-state index contributed by atoms with van der Waals surface area (Å²) >= 11 is 0. The maximum absolute atomic E-state index is 14.8. The number of likely N-dealkylation sites (tertiary alicyclic amines) is 1. The number of phenolic OH excluding ortho intramolecular Hbond substituents is 1. The van der Waals surface area contributed by atoms with E-state index in [-0.39, 0.29) is 67.8 Å². The molecule has 16 heteroatoms. The molecule has 1 amide bonds. The van der Waals surface area contributed by atoms with Gasteiger partial charge in [-0.15, -0.1) is 0 Å². The SMILES string of the molecule is CO[C@H]1/C=C/O[C@@]2(C)Oc3c(C)c(O)c4c(=O)c(c5oc6cc(OCC7CCN(C)C7)ccc6nc-5c4c3C2=O)NC(=O)/C(C)=C\C=C\[C@H](C)[C@@H]2O[C@H]([C@H](O)[C@@H]2C)[C@H](OC(C)=O)[C@@H]1C. The Bertz CT molecular complexity index is 2650. The van der Waals surface area contributed by atoms with E-state index in [0.717, 1.165) is 19.5 Å². The molecule has 0 spiro atoms. The number of ether oxygens (including phenoxy) is 6. The highest BCUT2D eigenvalue weighted by molar-refractivity contribution is 6.22. The maximum atomic E-state index is 14.8. The number of aliphatic hydroxyl groups is 1. The van der Waals surface area contributed by atoms with Gasteiger partial charge in [0.05, 0.1) is 42.1 Å². The molecule has 3 N–H and O–H groups in total. The highest BCUT2D eigenvalue weighted by atomic mass is 16.7. The molecule has 340 valence electrons. The standard InChI is InChI=1S/C48H55N3O13/c1-22-11-10-12-23(2)47(57)50-37-40(55)34-33(36-44(37)62-32-19-29(13-14-30(32)49-36)59-21-28-15-17-51(8)20-28)35-42(25(4)38(34)53)64-48(7,46(35)56)60-18-16-31(58-9)24(3)43(61-27(6)52)45-39(54)26(5)41(22)63-45/h10-14,16,18-19,22,24,26,28,31,39,41,43,45,53-54H,15,17,20-21H2,1-9H3,(H,50,57)/b11-10+,18-16+,23-12-/t22-,24+,26-,28?,31-,39+,41-,43+,45+,48-/m0/s1. The number of esters is 1. The Balaban J connectivity index is 1.29. The van der Waals surface area contributed by atoms with Crippen molar-refractivity contribution in [1.29, 1.82) is 0 Å². The van der Waals surface area contributed by atoms with Gasteiger partial charge < -0.3 is 53.3 Å². The molecular formula is C48H55N3O13. The average molecular weight is 882 g/mol. The Morgan fingerprint density at radius 2 is 1.84 bits per heavy atom. The number of aliphatic hydroxyl groups excluding tert-OH is 1. The van der Waals surface area contributed by atoms with Crippen molar-refractivity contribution in [1.82, 2.24) is 9.88 Å². The van der Waals surface area contributed by atoms with E-state index in [1.165, 1.54) is 40.2 Å². The number of aromatic nitrogens is 1. The fourth-order valence-electron chi connectivity index (χ4n) is 9.43. The minimum absolute atomic E-state index is 0.00763. The van der Waals surface area contributed by atoms with Gasteiger partial charge in [-0.2, -0.15) is 0 Å². The number of anilines is 1. The quantitative estimate of drug-likeness (QED) is 0.119. The van der Waals surface area contributed by atoms with E-state index in [9.17, 15) is 29.4 Å². The molecule has 2 saturated heterocycles. The minimum atomic E-state index is -2.02. The molecule has 6 heterocycles. The number of carbonyl (C=O) groups is 3. The molecule has 2 aromatic carbocycles. The molecule has 1 aliphatic carbocycles. The van der Waals surface area contributed by atoms with Crippen LogP contribution in [-0.2, 0) is 28.5 Å². The van der Waals surface area contributed by atoms with Crippen LogP contribution < -0.4 is 20.2 Å². The fraction of sp³-hybridized carbons (Fsp3) is 0.479. The summed E-state index contributed by atoms with van der Waals surface area (Å²) in [4.78, 5) is 63.1. The molecule has 64 heavy (non-hydrogen) atoms. The van der Waals surface area contributed by atoms with E-state index >= 15 is 0 Å². The van der Waals surface area contributed by atoms with Gasteiger partial charge in [0, 0.05) is 73.8 Å². The first-order valence-corrected chi connectivity index (χ1v) is 21.6. The van der Waals surface area contributed by atoms with Crippen molar-refractivity contribution in [2.75, 3.05) is 39.2 Å². The van der Waals surface area contributed by atoms with E-state index in [0.29, 0.717) is 23.8 Å². The number of aromatic hydroxyl groups is 1. The Labute approximate surface area is 370 Å². The third-order valence-electron chi connectivity index (χ3n) is 13.2. The zero-order chi connectivity index (χ0) is 45.9. The lowest BCUT2D eigenvalue weighted by molar-refractivity contribution is -0.168. The summed E-state index contributed by atoms with van der Waals surface area (Å²) in [5.41, 5.74) is -0.320. The largest absolute Gasteiger partial charge is 0.507 e. The van der Waals surface area contributed by atoms with Gasteiger partial charge in [0.25, 0.3) is 11.7 Å². The fourth-order valence-corrected chi connectivity index (χ4v) is 9.43. The number of hydrogen-bond acceptors (Lipinski definition) is 15. The van der Waals surface area contributed by atoms with E-state index in [2.05, 4.69) is 17.3 Å². The monoisotopic (exact) mass is 881 g/mol. The second-order valence-corrected chi connectivity index (χ2v) is 17.8. The number of nitrogens with one attached hydrogen (secondary N) is 1. The van der Waals surface area contributed by atoms with Crippen LogP contribution in [0.2, 0.25) is 0 Å². The number of phenols is 1. The van der Waals surface area contributed by atoms with Crippen LogP contribution in [0.15, 0.2) is 63.6 Å². The van der Waals surface area contributed by atoms with Crippen LogP contribution in [0.3, 0.4) is 0 Å². The molecule has 7 bridgehead atoms. The van der Waals surface area contributed by atoms with Crippen molar-refractivity contribution in [3.8, 4) is 28.7 Å². The molecule has 2 aromatic rings. The number of amides is 1. The molecule has 6 aliphatic heterocycles. The molecule has 16 nitrogen and oxygen atoms in total. The number of hydrogen-bond donors (Lipinski definition) is 3. The summed E-state index contributed by atoms with van der Waals surface area (Å²) < 4.78 is 43.1. The number of allylic oxidation sites excluding steroid dienone is 2. The zero-order valence-electron chi connectivity index (χ0n) is 37.4. The summed E-state index contributed by atoms with van der Waals surface area (Å²) in [5, 5.41) is 25.7. The van der Waals surface area contributed by atoms with Crippen molar-refractivity contribution in [2.24, 2.45) is 23.7 Å². The zero-order valence-corrected chi connectivity index (χ0v) is 37.4. The summed E-state index contributed by atoms with van der Waals surface area (Å²) in [6, 6.07) is 5.12. The predicted octanol–water partition coefficient (Wildman–Crippen LogP) is 6.05. The van der Waals surface area contributed by atoms with E-state index in [1.807, 2.05) is 19.9 Å². The molecule has 0 saturated carbocycles. The molecule has 10 atom stereocenters. The first-order valence-electron chi connectivity index (χ1n) is 21.6. The van der Waals surface area contributed by atoms with E-state index < -0.39 is 71.1 Å². The number of methoxy groups -OCH3 is 1. The van der Waals surface area contributed by atoms with Gasteiger partial charge in [0.2, 0.25) is 5.43 Å². The maximum Gasteiger partial charge on any atom is 0.312 e. The molecule has 2 fully saturated rings. The first-order chi connectivity index (χ1) is 30.4. The number of fused-ring (bicyclic) bond motifs is 9. The lowest BCUT2D eigenvalue weighted by Gasteiger charge is -2.33. The van der Waals surface area contributed by atoms with Crippen molar-refractivity contribution in [2.45, 2.75) is 91.2 Å². The van der Waals surface area contributed by atoms with Crippen molar-refractivity contribution in [3.05, 3.63) is 75.7 Å². The second-order valence-electron chi connectivity index (χ2n) is 17.8. The van der Waals surface area contributed by atoms with Crippen molar-refractivity contribution >= 4 is 45.2 Å². The van der Waals surface area contributed by atoms with Crippen LogP contribution in [0, 0.1) is 30.6 Å². The van der Waals surface area contributed by atoms with E-state index in [1.54, 1.807) is 44.2 Å². The number of carbonyl (C=O) groups excluding carboxylic acids is 3. The van der Waals surface area contributed by atoms with Gasteiger partial charge in [-0.05, 0) is 52.1 Å². The first kappa shape index (κ1) is 44.8. The highest BCUT2D eigenvalue weighted by Crippen LogP contribution is 2.50. The van der Waals surface area contributed by atoms with Crippen LogP contribution in [0.5, 0.6) is 17.2 Å². The van der Waals surface area contributed by atoms with Crippen LogP contribution in [-0.4, -0.2) is 108 Å². The number of nitrogens with zero attached hydrogens (tertiary/aromatic N) is 2. The van der Waals surface area contributed by atoms with Gasteiger partial charge in [-0.3, -0.25) is 19.2 Å². The van der Waals surface area contributed by atoms with Gasteiger partial charge in [-0.25, -0.2) is 4.98 Å². The summed E-state index contributed by atoms with van der Waals surface area (Å²) in [7, 11) is 3.53. The third kappa shape index (κ3) is 7.90. The summed E-state index contributed by atoms with van der Waals surface area (Å²) in [6.07, 6.45) is 4.66. The van der Waals surface area contributed by atoms with Crippen LogP contribution in [0.4, 0.5) is 5.69 Å². The molecule has 1 unspecified atom stereocenters. The molecule has 7 aliphatic rings. The highest BCUT2D eigenvalue weighted by Gasteiger charge is 2.51. The number of benzene rings is 3. The van der Waals surface area contributed by atoms with Crippen LogP contribution in [0.1, 0.15) is 63.9 Å². The Hall–Kier alpha value is -5.81. The molecular weight excluding hydrogens is 827 g/mol. The lowest BCUT2D eigenvalue weighted by atomic mass is 9.86. The number of Topliss-reactive ketones (excluding diaryl/α,β-unsaturated/α-hetero) is 1. The Morgan fingerprint density at radius 1 is 1.08 bits per heavy atom. The smallest absolute Gasteiger partial charge is 0.312 e.